The van der Waals surface area contributed by atoms with Crippen LogP contribution in [0.4, 0.5) is 0 Å². The molecule has 3 aliphatic heterocycles. The molecule has 0 spiro atoms. The Morgan fingerprint density at radius 3 is 2.19 bits per heavy atom. The van der Waals surface area contributed by atoms with E-state index in [1.807, 2.05) is 13.8 Å². The normalized spacial score (nSPS) is 40.0. The van der Waals surface area contributed by atoms with Crippen molar-refractivity contribution in [3.8, 4) is 11.5 Å². The van der Waals surface area contributed by atoms with Crippen LogP contribution in [0.15, 0.2) is 41.8 Å². The maximum Gasteiger partial charge on any atom is 0.311 e. The zero-order valence-electron chi connectivity index (χ0n) is 45.2. The molecule has 1 aromatic carbocycles. The van der Waals surface area contributed by atoms with Gasteiger partial charge in [0.05, 0.1) is 49.1 Å². The van der Waals surface area contributed by atoms with Gasteiger partial charge in [0.1, 0.15) is 40.5 Å². The number of carbonyl (C=O) groups excluding carboxylic acids is 1. The van der Waals surface area contributed by atoms with E-state index >= 15 is 0 Å². The van der Waals surface area contributed by atoms with Crippen LogP contribution in [0.1, 0.15) is 108 Å². The number of ether oxygens (including phenoxy) is 8. The maximum atomic E-state index is 14.7. The second-order valence-electron chi connectivity index (χ2n) is 21.3. The van der Waals surface area contributed by atoms with Crippen LogP contribution in [0.5, 0.6) is 11.5 Å². The predicted molar refractivity (Wildman–Crippen MR) is 268 cm³/mol. The fraction of sp³-hybridized carbons (Fsp3) is 0.804. The van der Waals surface area contributed by atoms with Gasteiger partial charge in [-0.2, -0.15) is 4.31 Å². The number of sulfonamides is 1. The SMILES string of the molecule is CCCNC[C@]1(O)[C@H](C)OC(O[C@H]2[C@H](C)[C@@H](O[C@@H]3O[C@H](C)C[C@H](N(C)S(=O)(=O)c4nccn4C)[C@H]3Oc3ccc(OC)cc3)[C@](C)(O)C[C@@H](C)CN[C@H](C)[C@@H](O)[C@](C)(O)[C@@H](CC)OC(=O)[C@@H]2C)C[C@@]1(C)OC. The first-order valence-corrected chi connectivity index (χ1v) is 27.0. The zero-order valence-corrected chi connectivity index (χ0v) is 46.0. The summed E-state index contributed by atoms with van der Waals surface area (Å²) in [6.45, 7) is 20.3. The van der Waals surface area contributed by atoms with E-state index in [2.05, 4.69) is 15.6 Å². The molecule has 1 unspecified atom stereocenters. The van der Waals surface area contributed by atoms with E-state index < -0.39 is 118 Å². The molecule has 6 N–H and O–H groups in total. The largest absolute Gasteiger partial charge is 0.497 e. The molecule has 4 heterocycles. The molecule has 18 atom stereocenters. The van der Waals surface area contributed by atoms with E-state index in [1.54, 1.807) is 92.9 Å². The third kappa shape index (κ3) is 13.0. The van der Waals surface area contributed by atoms with Gasteiger partial charge in [-0.05, 0) is 117 Å². The minimum Gasteiger partial charge on any atom is -0.497 e. The molecule has 0 aliphatic carbocycles. The third-order valence-corrected chi connectivity index (χ3v) is 17.4. The molecule has 0 amide bonds. The average Bonchev–Trinajstić information content (AvgIpc) is 3.78. The number of aromatic nitrogens is 2. The molecule has 1 aromatic heterocycles. The number of nitrogens with zero attached hydrogens (tertiary/aromatic N) is 3. The van der Waals surface area contributed by atoms with E-state index in [0.717, 1.165) is 6.42 Å². The van der Waals surface area contributed by atoms with E-state index in [9.17, 15) is 33.6 Å². The highest BCUT2D eigenvalue weighted by Gasteiger charge is 2.59. The Labute approximate surface area is 427 Å². The standard InChI is InChI=1S/C51H87N5O15S/c1-16-22-52-29-51(61)35(8)67-40(27-49(51,10)65-15)70-41-32(5)44(48(9,59)26-30(3)28-54-34(7)43(57)50(11,60)39(17-2)69-45(58)33(41)6)71-46-42(68-37-20-18-36(64-14)19-21-37)38(25-31(4)66-46)56(13)72(62,63)47-53-23-24-55(47)12/h18-21,23-24,30-35,38-44,46,52,54,57,59-61H,16-17,22,25-29H2,1-15H3/t30-,31-,32+,33-,34-,35+,38+,39-,40?,41+,42-,43-,44-,46+,48-,49-,50-,51+/m1/s1. The number of aliphatic hydroxyl groups is 4. The van der Waals surface area contributed by atoms with Gasteiger partial charge in [-0.15, -0.1) is 0 Å². The van der Waals surface area contributed by atoms with Gasteiger partial charge >= 0.3 is 5.97 Å². The summed E-state index contributed by atoms with van der Waals surface area (Å²) in [6, 6.07) is 5.19. The third-order valence-electron chi connectivity index (χ3n) is 15.5. The second-order valence-corrected chi connectivity index (χ2v) is 23.2. The van der Waals surface area contributed by atoms with Crippen molar-refractivity contribution >= 4 is 16.0 Å². The highest BCUT2D eigenvalue weighted by Crippen LogP contribution is 2.44. The van der Waals surface area contributed by atoms with Gasteiger partial charge in [0.15, 0.2) is 18.7 Å². The first-order chi connectivity index (χ1) is 33.6. The molecule has 72 heavy (non-hydrogen) atoms. The Bertz CT molecular complexity index is 2150. The van der Waals surface area contributed by atoms with Crippen LogP contribution in [0.3, 0.4) is 0 Å². The van der Waals surface area contributed by atoms with Crippen molar-refractivity contribution in [2.45, 2.75) is 203 Å². The molecule has 0 bridgehead atoms. The monoisotopic (exact) mass is 1040 g/mol. The summed E-state index contributed by atoms with van der Waals surface area (Å²) in [7, 11) is 1.86. The van der Waals surface area contributed by atoms with Crippen LogP contribution in [-0.4, -0.2) is 179 Å². The number of aryl methyl sites for hydroxylation is 1. The van der Waals surface area contributed by atoms with Crippen molar-refractivity contribution in [1.82, 2.24) is 24.5 Å². The quantitative estimate of drug-likeness (QED) is 0.104. The van der Waals surface area contributed by atoms with Gasteiger partial charge in [0, 0.05) is 58.5 Å². The molecular weight excluding hydrogens is 955 g/mol. The van der Waals surface area contributed by atoms with Crippen molar-refractivity contribution in [1.29, 1.82) is 0 Å². The molecule has 3 fully saturated rings. The van der Waals surface area contributed by atoms with E-state index in [1.165, 1.54) is 43.3 Å². The molecule has 3 saturated heterocycles. The zero-order chi connectivity index (χ0) is 53.7. The highest BCUT2D eigenvalue weighted by atomic mass is 32.2. The van der Waals surface area contributed by atoms with Crippen LogP contribution >= 0.6 is 0 Å². The lowest BCUT2D eigenvalue weighted by Gasteiger charge is -2.53. The summed E-state index contributed by atoms with van der Waals surface area (Å²) in [5.74, 6) is -2.23. The lowest BCUT2D eigenvalue weighted by atomic mass is 9.75. The fourth-order valence-electron chi connectivity index (χ4n) is 10.9. The molecule has 0 radical (unpaired) electrons. The topological polar surface area (TPSA) is 251 Å². The lowest BCUT2D eigenvalue weighted by Crippen LogP contribution is -2.70. The number of nitrogens with one attached hydrogen (secondary N) is 2. The minimum atomic E-state index is -4.25. The van der Waals surface area contributed by atoms with Gasteiger partial charge in [-0.3, -0.25) is 4.79 Å². The summed E-state index contributed by atoms with van der Waals surface area (Å²) in [5, 5.41) is 55.2. The van der Waals surface area contributed by atoms with Gasteiger partial charge in [0.25, 0.3) is 10.0 Å². The van der Waals surface area contributed by atoms with Crippen molar-refractivity contribution in [2.24, 2.45) is 24.8 Å². The van der Waals surface area contributed by atoms with E-state index in [-0.39, 0.29) is 49.8 Å². The Balaban J connectivity index is 1.67. The van der Waals surface area contributed by atoms with Gasteiger partial charge in [0.2, 0.25) is 5.16 Å². The number of imidazole rings is 1. The van der Waals surface area contributed by atoms with Crippen LogP contribution in [0.2, 0.25) is 0 Å². The molecule has 3 aliphatic rings. The Kier molecular flexibility index (Phi) is 20.2. The number of benzene rings is 1. The smallest absolute Gasteiger partial charge is 0.311 e. The van der Waals surface area contributed by atoms with Crippen molar-refractivity contribution in [3.05, 3.63) is 36.7 Å². The number of esters is 1. The number of cyclic esters (lactones) is 1. The molecule has 20 nitrogen and oxygen atoms in total. The first-order valence-electron chi connectivity index (χ1n) is 25.5. The minimum absolute atomic E-state index is 0.0175. The second kappa shape index (κ2) is 24.3. The molecule has 5 rings (SSSR count). The number of carbonyl (C=O) groups is 1. The molecule has 412 valence electrons. The number of hydrogen-bond acceptors (Lipinski definition) is 18. The van der Waals surface area contributed by atoms with Crippen molar-refractivity contribution in [3.63, 3.8) is 0 Å². The van der Waals surface area contributed by atoms with Crippen LogP contribution in [0.25, 0.3) is 0 Å². The van der Waals surface area contributed by atoms with E-state index in [4.69, 9.17) is 37.9 Å². The Hall–Kier alpha value is -3.03. The summed E-state index contributed by atoms with van der Waals surface area (Å²) in [4.78, 5) is 18.9. The first kappa shape index (κ1) is 59.8. The number of methoxy groups -OCH3 is 2. The van der Waals surface area contributed by atoms with Crippen LogP contribution in [0, 0.1) is 17.8 Å². The van der Waals surface area contributed by atoms with E-state index in [0.29, 0.717) is 18.0 Å². The summed E-state index contributed by atoms with van der Waals surface area (Å²) < 4.78 is 83.2. The lowest BCUT2D eigenvalue weighted by molar-refractivity contribution is -0.335. The Morgan fingerprint density at radius 2 is 1.61 bits per heavy atom. The van der Waals surface area contributed by atoms with Crippen LogP contribution in [-0.2, 0) is 50.3 Å². The summed E-state index contributed by atoms with van der Waals surface area (Å²) in [6.07, 6.45) is -5.83. The predicted octanol–water partition coefficient (Wildman–Crippen LogP) is 3.52. The van der Waals surface area contributed by atoms with Gasteiger partial charge in [-0.1, -0.05) is 27.7 Å². The highest BCUT2D eigenvalue weighted by molar-refractivity contribution is 7.89. The summed E-state index contributed by atoms with van der Waals surface area (Å²) in [5.41, 5.74) is -6.38. The molecule has 0 saturated carbocycles. The molecule has 21 heteroatoms. The molecular formula is C51H87N5O15S. The number of rotatable bonds is 16. The van der Waals surface area contributed by atoms with Crippen molar-refractivity contribution in [2.75, 3.05) is 40.9 Å². The number of hydrogen-bond donors (Lipinski definition) is 6. The fourth-order valence-corrected chi connectivity index (χ4v) is 12.3. The van der Waals surface area contributed by atoms with Gasteiger partial charge < -0.3 is 73.5 Å². The van der Waals surface area contributed by atoms with Gasteiger partial charge in [-0.25, -0.2) is 13.4 Å². The van der Waals surface area contributed by atoms with Crippen molar-refractivity contribution < 1.29 is 71.5 Å². The Morgan fingerprint density at radius 1 is 0.958 bits per heavy atom. The average molecular weight is 1040 g/mol. The number of aliphatic hydroxyl groups excluding tert-OH is 1. The number of likely N-dealkylation sites (N-methyl/N-ethyl adjacent to an activating group) is 1. The molecule has 2 aromatic rings. The van der Waals surface area contributed by atoms with Crippen LogP contribution < -0.4 is 20.1 Å². The summed E-state index contributed by atoms with van der Waals surface area (Å²) >= 11 is 0. The maximum absolute atomic E-state index is 14.7.